The molecule has 0 aliphatic carbocycles. The van der Waals surface area contributed by atoms with Crippen molar-refractivity contribution in [1.29, 1.82) is 0 Å². The minimum Gasteiger partial charge on any atom is -0.395 e. The molecule has 0 saturated carbocycles. The van der Waals surface area contributed by atoms with Gasteiger partial charge in [0, 0.05) is 49.6 Å². The molecular formula is C32H45N3O6. The molecule has 2 aliphatic heterocycles. The van der Waals surface area contributed by atoms with Crippen LogP contribution in [0.25, 0.3) is 0 Å². The minimum absolute atomic E-state index is 0.0111. The van der Waals surface area contributed by atoms with Gasteiger partial charge in [0.1, 0.15) is 0 Å². The number of hydrogen-bond donors (Lipinski definition) is 4. The second kappa shape index (κ2) is 15.4. The molecule has 0 spiro atoms. The van der Waals surface area contributed by atoms with Gasteiger partial charge in [-0.25, -0.2) is 0 Å². The van der Waals surface area contributed by atoms with Gasteiger partial charge in [-0.05, 0) is 55.5 Å². The number of carbonyl (C=O) groups excluding carboxylic acids is 2. The van der Waals surface area contributed by atoms with Gasteiger partial charge in [0.25, 0.3) is 0 Å². The fraction of sp³-hybridized carbons (Fsp3) is 0.562. The molecule has 0 aromatic heterocycles. The smallest absolute Gasteiger partial charge is 0.224 e. The summed E-state index contributed by atoms with van der Waals surface area (Å²) in [6.45, 7) is 6.05. The van der Waals surface area contributed by atoms with Crippen LogP contribution in [0.1, 0.15) is 81.5 Å². The van der Waals surface area contributed by atoms with Gasteiger partial charge in [0.05, 0.1) is 25.4 Å². The maximum Gasteiger partial charge on any atom is 0.224 e. The highest BCUT2D eigenvalue weighted by atomic mass is 16.7. The average Bonchev–Trinajstić information content (AvgIpc) is 3.43. The van der Waals surface area contributed by atoms with Gasteiger partial charge in [0.15, 0.2) is 6.29 Å². The van der Waals surface area contributed by atoms with Gasteiger partial charge in [-0.1, -0.05) is 49.7 Å². The van der Waals surface area contributed by atoms with E-state index in [1.165, 1.54) is 6.92 Å². The highest BCUT2D eigenvalue weighted by molar-refractivity contribution is 5.90. The van der Waals surface area contributed by atoms with Crippen LogP contribution in [0.3, 0.4) is 0 Å². The first-order valence-corrected chi connectivity index (χ1v) is 14.9. The third-order valence-electron chi connectivity index (χ3n) is 8.14. The first kappa shape index (κ1) is 31.1. The lowest BCUT2D eigenvalue weighted by molar-refractivity contribution is -0.276. The molecule has 2 amide bonds. The molecule has 0 radical (unpaired) electrons. The average molecular weight is 568 g/mol. The summed E-state index contributed by atoms with van der Waals surface area (Å²) in [4.78, 5) is 25.9. The molecule has 0 unspecified atom stereocenters. The van der Waals surface area contributed by atoms with Gasteiger partial charge in [-0.15, -0.1) is 0 Å². The first-order valence-electron chi connectivity index (χ1n) is 14.9. The van der Waals surface area contributed by atoms with Crippen molar-refractivity contribution in [3.63, 3.8) is 0 Å². The van der Waals surface area contributed by atoms with Gasteiger partial charge < -0.3 is 30.3 Å². The molecule has 41 heavy (non-hydrogen) atoms. The zero-order valence-corrected chi connectivity index (χ0v) is 24.3. The van der Waals surface area contributed by atoms with Crippen LogP contribution < -0.4 is 10.6 Å². The van der Waals surface area contributed by atoms with E-state index in [1.807, 2.05) is 48.5 Å². The lowest BCUT2D eigenvalue weighted by Crippen LogP contribution is -2.46. The molecule has 224 valence electrons. The predicted octanol–water partition coefficient (Wildman–Crippen LogP) is 4.06. The molecule has 9 heteroatoms. The Labute approximate surface area is 243 Å². The van der Waals surface area contributed by atoms with Gasteiger partial charge >= 0.3 is 0 Å². The Balaban J connectivity index is 1.44. The lowest BCUT2D eigenvalue weighted by Gasteiger charge is -2.43. The summed E-state index contributed by atoms with van der Waals surface area (Å²) in [5.74, 6) is -0.0325. The molecular weight excluding hydrogens is 522 g/mol. The molecule has 4 N–H and O–H groups in total. The molecule has 2 saturated heterocycles. The van der Waals surface area contributed by atoms with E-state index in [0.29, 0.717) is 25.2 Å². The molecule has 5 atom stereocenters. The number of carbonyl (C=O) groups is 2. The van der Waals surface area contributed by atoms with Crippen molar-refractivity contribution in [3.05, 3.63) is 65.2 Å². The summed E-state index contributed by atoms with van der Waals surface area (Å²) < 4.78 is 13.2. The number of likely N-dealkylation sites (tertiary alicyclic amines) is 1. The number of unbranched alkanes of at least 4 members (excludes halogenated alkanes) is 2. The van der Waals surface area contributed by atoms with Crippen LogP contribution in [0.2, 0.25) is 0 Å². The summed E-state index contributed by atoms with van der Waals surface area (Å²) in [6, 6.07) is 15.6. The Morgan fingerprint density at radius 1 is 1.02 bits per heavy atom. The number of benzene rings is 2. The van der Waals surface area contributed by atoms with Crippen molar-refractivity contribution >= 4 is 17.5 Å². The molecule has 2 aromatic rings. The lowest BCUT2D eigenvalue weighted by atomic mass is 9.90. The zero-order chi connectivity index (χ0) is 29.2. The second-order valence-corrected chi connectivity index (χ2v) is 11.3. The Bertz CT molecular complexity index is 1130. The zero-order valence-electron chi connectivity index (χ0n) is 24.3. The Morgan fingerprint density at radius 3 is 2.56 bits per heavy atom. The maximum absolute atomic E-state index is 12.6. The third kappa shape index (κ3) is 8.83. The maximum atomic E-state index is 12.6. The number of aliphatic hydroxyl groups is 2. The summed E-state index contributed by atoms with van der Waals surface area (Å²) in [5, 5.41) is 25.1. The summed E-state index contributed by atoms with van der Waals surface area (Å²) in [5.41, 5.74) is 3.39. The summed E-state index contributed by atoms with van der Waals surface area (Å²) in [7, 11) is 0. The second-order valence-electron chi connectivity index (χ2n) is 11.3. The SMILES string of the molecule is CC(=O)NCCCCCC(=O)Nc1cccc([C@H]2O[C@@H](CN3CCC[C@H]3CO)[C@@H](C)[C@@H](c3ccc(CO)cc3)O2)c1. The molecule has 9 nitrogen and oxygen atoms in total. The van der Waals surface area contributed by atoms with Crippen LogP contribution in [0, 0.1) is 5.92 Å². The van der Waals surface area contributed by atoms with Crippen LogP contribution in [-0.4, -0.2) is 65.3 Å². The number of ether oxygens (including phenoxy) is 2. The Morgan fingerprint density at radius 2 is 1.83 bits per heavy atom. The van der Waals surface area contributed by atoms with Crippen LogP contribution in [-0.2, 0) is 25.7 Å². The van der Waals surface area contributed by atoms with E-state index in [9.17, 15) is 19.8 Å². The molecule has 2 fully saturated rings. The number of hydrogen-bond acceptors (Lipinski definition) is 7. The molecule has 2 heterocycles. The number of nitrogens with zero attached hydrogens (tertiary/aromatic N) is 1. The molecule has 0 bridgehead atoms. The molecule has 2 aromatic carbocycles. The van der Waals surface area contributed by atoms with Crippen molar-refractivity contribution in [1.82, 2.24) is 10.2 Å². The topological polar surface area (TPSA) is 120 Å². The van der Waals surface area contributed by atoms with Gasteiger partial charge in [-0.2, -0.15) is 0 Å². The van der Waals surface area contributed by atoms with Crippen LogP contribution >= 0.6 is 0 Å². The quantitative estimate of drug-likeness (QED) is 0.270. The fourth-order valence-corrected chi connectivity index (χ4v) is 5.74. The highest BCUT2D eigenvalue weighted by Gasteiger charge is 2.40. The Hall–Kier alpha value is -2.82. The Kier molecular flexibility index (Phi) is 11.7. The number of rotatable bonds is 13. The molecule has 4 rings (SSSR count). The van der Waals surface area contributed by atoms with Crippen molar-refractivity contribution in [2.75, 3.05) is 31.6 Å². The third-order valence-corrected chi connectivity index (χ3v) is 8.14. The summed E-state index contributed by atoms with van der Waals surface area (Å²) in [6.07, 6.45) is 3.95. The number of nitrogens with one attached hydrogen (secondary N) is 2. The van der Waals surface area contributed by atoms with E-state index < -0.39 is 6.29 Å². The van der Waals surface area contributed by atoms with Gasteiger partial charge in [-0.3, -0.25) is 14.5 Å². The van der Waals surface area contributed by atoms with Crippen LogP contribution in [0.15, 0.2) is 48.5 Å². The summed E-state index contributed by atoms with van der Waals surface area (Å²) >= 11 is 0. The highest BCUT2D eigenvalue weighted by Crippen LogP contribution is 2.42. The van der Waals surface area contributed by atoms with Crippen molar-refractivity contribution < 1.29 is 29.3 Å². The van der Waals surface area contributed by atoms with Gasteiger partial charge in [0.2, 0.25) is 11.8 Å². The predicted molar refractivity (Wildman–Crippen MR) is 157 cm³/mol. The standard InChI is InChI=1S/C32H45N3O6/c1-22-29(19-35-17-7-10-28(35)21-37)40-32(41-31(22)25-14-12-24(20-36)13-15-25)26-8-6-9-27(18-26)34-30(39)11-4-3-5-16-33-23(2)38/h6,8-9,12-15,18,22,28-29,31-32,36-37H,3-5,7,10-11,16-17,19-21H2,1-2H3,(H,33,38)(H,34,39)/t22-,28+,29+,31+,32+/m1/s1. The van der Waals surface area contributed by atoms with E-state index in [-0.39, 0.29) is 49.2 Å². The first-order chi connectivity index (χ1) is 19.9. The van der Waals surface area contributed by atoms with E-state index in [2.05, 4.69) is 22.5 Å². The van der Waals surface area contributed by atoms with E-state index in [4.69, 9.17) is 9.47 Å². The monoisotopic (exact) mass is 567 g/mol. The normalized spacial score (nSPS) is 24.7. The van der Waals surface area contributed by atoms with E-state index in [0.717, 1.165) is 55.3 Å². The van der Waals surface area contributed by atoms with Crippen LogP contribution in [0.4, 0.5) is 5.69 Å². The molecule has 2 aliphatic rings. The van der Waals surface area contributed by atoms with E-state index >= 15 is 0 Å². The van der Waals surface area contributed by atoms with Crippen molar-refractivity contribution in [3.8, 4) is 0 Å². The van der Waals surface area contributed by atoms with Crippen LogP contribution in [0.5, 0.6) is 0 Å². The minimum atomic E-state index is -0.625. The van der Waals surface area contributed by atoms with E-state index in [1.54, 1.807) is 0 Å². The fourth-order valence-electron chi connectivity index (χ4n) is 5.74. The largest absolute Gasteiger partial charge is 0.395 e. The number of aliphatic hydroxyl groups excluding tert-OH is 2. The number of anilines is 1. The van der Waals surface area contributed by atoms with Crippen molar-refractivity contribution in [2.24, 2.45) is 5.92 Å². The number of amides is 2. The van der Waals surface area contributed by atoms with Crippen molar-refractivity contribution in [2.45, 2.75) is 83.5 Å².